The van der Waals surface area contributed by atoms with Crippen LogP contribution in [0.25, 0.3) is 0 Å². The van der Waals surface area contributed by atoms with Crippen molar-refractivity contribution in [3.8, 4) is 0 Å². The summed E-state index contributed by atoms with van der Waals surface area (Å²) in [5, 5.41) is 0. The van der Waals surface area contributed by atoms with E-state index < -0.39 is 12.2 Å². The number of hydrogen-bond acceptors (Lipinski definition) is 2. The fourth-order valence-electron chi connectivity index (χ4n) is 1.94. The van der Waals surface area contributed by atoms with Gasteiger partial charge in [-0.05, 0) is 14.0 Å². The maximum absolute atomic E-state index is 12.8. The molecule has 2 unspecified atom stereocenters. The number of piperazine rings is 1. The first kappa shape index (κ1) is 14.6. The molecule has 1 rings (SSSR count). The lowest BCUT2D eigenvalue weighted by molar-refractivity contribution is -0.201. The topological polar surface area (TPSA) is 23.6 Å². The van der Waals surface area contributed by atoms with E-state index in [-0.39, 0.29) is 30.8 Å². The van der Waals surface area contributed by atoms with Gasteiger partial charge in [-0.25, -0.2) is 0 Å². The molecule has 1 fully saturated rings. The lowest BCUT2D eigenvalue weighted by Crippen LogP contribution is -2.62. The van der Waals surface area contributed by atoms with Crippen LogP contribution in [0.1, 0.15) is 13.3 Å². The standard InChI is InChI=1S/C10H16ClF3N2O/c1-7-5-16(9(17)3-4-11)6-8(15(7)2)10(12,13)14/h7-8H,3-6H2,1-2H3. The van der Waals surface area contributed by atoms with Gasteiger partial charge in [-0.3, -0.25) is 9.69 Å². The van der Waals surface area contributed by atoms with E-state index in [2.05, 4.69) is 0 Å². The van der Waals surface area contributed by atoms with E-state index in [0.29, 0.717) is 6.54 Å². The van der Waals surface area contributed by atoms with Gasteiger partial charge >= 0.3 is 6.18 Å². The Morgan fingerprint density at radius 3 is 2.47 bits per heavy atom. The van der Waals surface area contributed by atoms with Gasteiger partial charge in [0.2, 0.25) is 5.91 Å². The zero-order valence-corrected chi connectivity index (χ0v) is 10.6. The molecule has 100 valence electrons. The molecule has 0 aliphatic carbocycles. The highest BCUT2D eigenvalue weighted by atomic mass is 35.5. The van der Waals surface area contributed by atoms with Gasteiger partial charge in [0, 0.05) is 31.4 Å². The molecule has 0 spiro atoms. The fraction of sp³-hybridized carbons (Fsp3) is 0.900. The second kappa shape index (κ2) is 5.44. The monoisotopic (exact) mass is 272 g/mol. The highest BCUT2D eigenvalue weighted by Gasteiger charge is 2.47. The Hall–Kier alpha value is -0.490. The number of halogens is 4. The second-order valence-electron chi connectivity index (χ2n) is 4.31. The molecule has 1 heterocycles. The molecule has 0 aromatic carbocycles. The van der Waals surface area contributed by atoms with Crippen LogP contribution in [0, 0.1) is 0 Å². The number of carbonyl (C=O) groups is 1. The van der Waals surface area contributed by atoms with E-state index in [1.165, 1.54) is 16.8 Å². The van der Waals surface area contributed by atoms with Crippen molar-refractivity contribution in [2.45, 2.75) is 31.6 Å². The van der Waals surface area contributed by atoms with Crippen LogP contribution in [-0.4, -0.2) is 60.0 Å². The van der Waals surface area contributed by atoms with E-state index in [4.69, 9.17) is 11.6 Å². The van der Waals surface area contributed by atoms with Gasteiger partial charge in [-0.15, -0.1) is 11.6 Å². The minimum Gasteiger partial charge on any atom is -0.339 e. The van der Waals surface area contributed by atoms with Gasteiger partial charge in [-0.2, -0.15) is 13.2 Å². The Balaban J connectivity index is 2.77. The third-order valence-corrected chi connectivity index (χ3v) is 3.29. The Kier molecular flexibility index (Phi) is 4.66. The summed E-state index contributed by atoms with van der Waals surface area (Å²) in [6.07, 6.45) is -4.23. The SMILES string of the molecule is CC1CN(C(=O)CCCl)CC(C(F)(F)F)N1C. The summed E-state index contributed by atoms with van der Waals surface area (Å²) in [7, 11) is 1.44. The van der Waals surface area contributed by atoms with Crippen molar-refractivity contribution in [3.05, 3.63) is 0 Å². The molecule has 0 bridgehead atoms. The lowest BCUT2D eigenvalue weighted by atomic mass is 10.1. The number of likely N-dealkylation sites (N-methyl/N-ethyl adjacent to an activating group) is 1. The molecule has 0 aromatic rings. The minimum absolute atomic E-state index is 0.0859. The lowest BCUT2D eigenvalue weighted by Gasteiger charge is -2.44. The molecule has 7 heteroatoms. The van der Waals surface area contributed by atoms with E-state index in [9.17, 15) is 18.0 Å². The van der Waals surface area contributed by atoms with Crippen LogP contribution in [0.15, 0.2) is 0 Å². The van der Waals surface area contributed by atoms with Gasteiger partial charge in [-0.1, -0.05) is 0 Å². The molecule has 17 heavy (non-hydrogen) atoms. The summed E-state index contributed by atoms with van der Waals surface area (Å²) in [6.45, 7) is 1.69. The maximum Gasteiger partial charge on any atom is 0.405 e. The zero-order valence-electron chi connectivity index (χ0n) is 9.80. The molecule has 3 nitrogen and oxygen atoms in total. The predicted octanol–water partition coefficient (Wildman–Crippen LogP) is 1.71. The summed E-state index contributed by atoms with van der Waals surface area (Å²) >= 11 is 5.43. The number of rotatable bonds is 2. The van der Waals surface area contributed by atoms with E-state index in [1.54, 1.807) is 6.92 Å². The molecule has 0 N–H and O–H groups in total. The van der Waals surface area contributed by atoms with Crippen LogP contribution in [0.4, 0.5) is 13.2 Å². The summed E-state index contributed by atoms with van der Waals surface area (Å²) in [4.78, 5) is 14.1. The van der Waals surface area contributed by atoms with Crippen molar-refractivity contribution in [2.75, 3.05) is 26.0 Å². The van der Waals surface area contributed by atoms with Gasteiger partial charge in [0.1, 0.15) is 6.04 Å². The van der Waals surface area contributed by atoms with E-state index >= 15 is 0 Å². The highest BCUT2D eigenvalue weighted by molar-refractivity contribution is 6.18. The number of hydrogen-bond donors (Lipinski definition) is 0. The summed E-state index contributed by atoms with van der Waals surface area (Å²) < 4.78 is 38.3. The molecule has 2 atom stereocenters. The van der Waals surface area contributed by atoms with Crippen molar-refractivity contribution in [1.29, 1.82) is 0 Å². The molecular formula is C10H16ClF3N2O. The summed E-state index contributed by atoms with van der Waals surface area (Å²) in [5.74, 6) is -0.176. The molecule has 0 radical (unpaired) electrons. The first-order valence-corrected chi connectivity index (χ1v) is 5.93. The molecule has 0 aromatic heterocycles. The highest BCUT2D eigenvalue weighted by Crippen LogP contribution is 2.29. The number of amides is 1. The Morgan fingerprint density at radius 1 is 1.41 bits per heavy atom. The van der Waals surface area contributed by atoms with Crippen LogP contribution in [-0.2, 0) is 4.79 Å². The van der Waals surface area contributed by atoms with E-state index in [1.807, 2.05) is 0 Å². The van der Waals surface area contributed by atoms with Crippen LogP contribution in [0.2, 0.25) is 0 Å². The average Bonchev–Trinajstić information content (AvgIpc) is 2.20. The van der Waals surface area contributed by atoms with Crippen molar-refractivity contribution in [3.63, 3.8) is 0 Å². The van der Waals surface area contributed by atoms with Crippen molar-refractivity contribution in [2.24, 2.45) is 0 Å². The Labute approximate surface area is 103 Å². The second-order valence-corrected chi connectivity index (χ2v) is 4.69. The van der Waals surface area contributed by atoms with Crippen LogP contribution < -0.4 is 0 Å². The van der Waals surface area contributed by atoms with Gasteiger partial charge in [0.15, 0.2) is 0 Å². The first-order chi connectivity index (χ1) is 7.77. The fourth-order valence-corrected chi connectivity index (χ4v) is 2.11. The largest absolute Gasteiger partial charge is 0.405 e. The van der Waals surface area contributed by atoms with Crippen molar-refractivity contribution in [1.82, 2.24) is 9.80 Å². The molecular weight excluding hydrogens is 257 g/mol. The number of alkyl halides is 4. The quantitative estimate of drug-likeness (QED) is 0.715. The normalized spacial score (nSPS) is 27.3. The Morgan fingerprint density at radius 2 is 2.00 bits per heavy atom. The van der Waals surface area contributed by atoms with Gasteiger partial charge in [0.05, 0.1) is 0 Å². The maximum atomic E-state index is 12.8. The number of carbonyl (C=O) groups excluding carboxylic acids is 1. The van der Waals surface area contributed by atoms with Gasteiger partial charge < -0.3 is 4.90 Å². The minimum atomic E-state index is -4.32. The molecule has 1 saturated heterocycles. The van der Waals surface area contributed by atoms with E-state index in [0.717, 1.165) is 0 Å². The predicted molar refractivity (Wildman–Crippen MR) is 59.0 cm³/mol. The first-order valence-electron chi connectivity index (χ1n) is 5.39. The molecule has 1 aliphatic rings. The Bertz CT molecular complexity index is 285. The smallest absolute Gasteiger partial charge is 0.339 e. The van der Waals surface area contributed by atoms with Crippen LogP contribution in [0.3, 0.4) is 0 Å². The molecule has 1 aliphatic heterocycles. The molecule has 1 amide bonds. The third kappa shape index (κ3) is 3.48. The van der Waals surface area contributed by atoms with Crippen LogP contribution in [0.5, 0.6) is 0 Å². The van der Waals surface area contributed by atoms with Crippen molar-refractivity contribution >= 4 is 17.5 Å². The molecule has 0 saturated carbocycles. The third-order valence-electron chi connectivity index (χ3n) is 3.10. The summed E-state index contributed by atoms with van der Waals surface area (Å²) in [5.41, 5.74) is 0. The van der Waals surface area contributed by atoms with Crippen LogP contribution >= 0.6 is 11.6 Å². The van der Waals surface area contributed by atoms with Crippen molar-refractivity contribution < 1.29 is 18.0 Å². The zero-order chi connectivity index (χ0) is 13.2. The average molecular weight is 273 g/mol. The summed E-state index contributed by atoms with van der Waals surface area (Å²) in [6, 6.07) is -1.90. The van der Waals surface area contributed by atoms with Gasteiger partial charge in [0.25, 0.3) is 0 Å². The number of nitrogens with zero attached hydrogens (tertiary/aromatic N) is 2.